The predicted octanol–water partition coefficient (Wildman–Crippen LogP) is -0.279. The molecule has 2 aliphatic rings. The van der Waals surface area contributed by atoms with E-state index < -0.39 is 5.54 Å². The summed E-state index contributed by atoms with van der Waals surface area (Å²) in [4.78, 5) is 25.8. The molecule has 2 unspecified atom stereocenters. The van der Waals surface area contributed by atoms with Gasteiger partial charge in [-0.15, -0.1) is 0 Å². The molecule has 96 valence electrons. The zero-order chi connectivity index (χ0) is 12.6. The fourth-order valence-electron chi connectivity index (χ4n) is 2.91. The number of hydrogen-bond donors (Lipinski definition) is 2. The van der Waals surface area contributed by atoms with Crippen LogP contribution in [0.4, 0.5) is 0 Å². The summed E-state index contributed by atoms with van der Waals surface area (Å²) in [7, 11) is 1.65. The Balaban J connectivity index is 2.20. The van der Waals surface area contributed by atoms with Gasteiger partial charge in [0, 0.05) is 20.1 Å². The number of β-lactam (4-membered cyclic amide) rings is 1. The van der Waals surface area contributed by atoms with E-state index in [0.717, 1.165) is 19.4 Å². The first-order chi connectivity index (χ1) is 8.01. The highest BCUT2D eigenvalue weighted by Crippen LogP contribution is 2.38. The van der Waals surface area contributed by atoms with Crippen LogP contribution in [0, 0.1) is 5.92 Å². The summed E-state index contributed by atoms with van der Waals surface area (Å²) in [6, 6.07) is -0.145. The van der Waals surface area contributed by atoms with E-state index in [-0.39, 0.29) is 17.9 Å². The zero-order valence-electron chi connectivity index (χ0n) is 10.7. The lowest BCUT2D eigenvalue weighted by atomic mass is 9.88. The Bertz CT molecular complexity index is 343. The van der Waals surface area contributed by atoms with Crippen LogP contribution in [-0.4, -0.2) is 48.4 Å². The largest absolute Gasteiger partial charge is 0.358 e. The molecule has 0 aromatic rings. The Kier molecular flexibility index (Phi) is 3.12. The van der Waals surface area contributed by atoms with E-state index >= 15 is 0 Å². The molecule has 2 rings (SSSR count). The van der Waals surface area contributed by atoms with Crippen molar-refractivity contribution in [2.24, 2.45) is 5.92 Å². The van der Waals surface area contributed by atoms with Crippen LogP contribution in [0.3, 0.4) is 0 Å². The smallest absolute Gasteiger partial charge is 0.242 e. The van der Waals surface area contributed by atoms with Crippen molar-refractivity contribution in [2.45, 2.75) is 38.3 Å². The molecule has 0 saturated carbocycles. The molecular weight excluding hydrogens is 218 g/mol. The van der Waals surface area contributed by atoms with Crippen molar-refractivity contribution in [2.75, 3.05) is 20.1 Å². The summed E-state index contributed by atoms with van der Waals surface area (Å²) in [5.74, 6) is 0.567. The molecule has 5 nitrogen and oxygen atoms in total. The third-order valence-electron chi connectivity index (χ3n) is 3.83. The maximum Gasteiger partial charge on any atom is 0.242 e. The first-order valence-electron chi connectivity index (χ1n) is 6.28. The van der Waals surface area contributed by atoms with Crippen LogP contribution in [0.25, 0.3) is 0 Å². The molecular formula is C12H21N3O2. The number of likely N-dealkylation sites (tertiary alicyclic amines) is 1. The number of rotatable bonds is 3. The molecule has 2 amide bonds. The van der Waals surface area contributed by atoms with Crippen LogP contribution < -0.4 is 10.6 Å². The standard InChI is InChI=1S/C12H21N3O2/c1-8(2)6-15-9(10(16)13-3)4-5-12(15)7-14-11(12)17/h8-9H,4-7H2,1-3H3,(H,13,16)(H,14,17). The minimum atomic E-state index is -0.401. The van der Waals surface area contributed by atoms with Crippen LogP contribution in [0.1, 0.15) is 26.7 Å². The van der Waals surface area contributed by atoms with Crippen molar-refractivity contribution in [1.29, 1.82) is 0 Å². The second kappa shape index (κ2) is 4.29. The average molecular weight is 239 g/mol. The van der Waals surface area contributed by atoms with Crippen LogP contribution in [0.2, 0.25) is 0 Å². The zero-order valence-corrected chi connectivity index (χ0v) is 10.7. The van der Waals surface area contributed by atoms with Gasteiger partial charge in [-0.2, -0.15) is 0 Å². The highest BCUT2D eigenvalue weighted by atomic mass is 16.2. The van der Waals surface area contributed by atoms with E-state index in [1.165, 1.54) is 0 Å². The fraction of sp³-hybridized carbons (Fsp3) is 0.833. The summed E-state index contributed by atoms with van der Waals surface area (Å²) in [5, 5.41) is 5.51. The van der Waals surface area contributed by atoms with Crippen LogP contribution in [0.5, 0.6) is 0 Å². The number of amides is 2. The monoisotopic (exact) mass is 239 g/mol. The Morgan fingerprint density at radius 2 is 2.35 bits per heavy atom. The molecule has 2 N–H and O–H groups in total. The van der Waals surface area contributed by atoms with Gasteiger partial charge in [-0.25, -0.2) is 0 Å². The summed E-state index contributed by atoms with van der Waals surface area (Å²) in [6.45, 7) is 5.71. The minimum Gasteiger partial charge on any atom is -0.358 e. The number of nitrogens with one attached hydrogen (secondary N) is 2. The molecule has 2 heterocycles. The normalized spacial score (nSPS) is 32.7. The molecule has 0 aromatic carbocycles. The van der Waals surface area contributed by atoms with Crippen molar-refractivity contribution in [1.82, 2.24) is 15.5 Å². The highest BCUT2D eigenvalue weighted by molar-refractivity contribution is 5.94. The van der Waals surface area contributed by atoms with E-state index in [9.17, 15) is 9.59 Å². The molecule has 2 atom stereocenters. The molecule has 0 bridgehead atoms. The SMILES string of the molecule is CNC(=O)C1CCC2(CNC2=O)N1CC(C)C. The van der Waals surface area contributed by atoms with E-state index in [2.05, 4.69) is 29.4 Å². The van der Waals surface area contributed by atoms with Crippen molar-refractivity contribution >= 4 is 11.8 Å². The molecule has 2 fully saturated rings. The summed E-state index contributed by atoms with van der Waals surface area (Å²) < 4.78 is 0. The lowest BCUT2D eigenvalue weighted by molar-refractivity contribution is -0.144. The van der Waals surface area contributed by atoms with E-state index in [1.807, 2.05) is 0 Å². The lowest BCUT2D eigenvalue weighted by Gasteiger charge is -2.46. The lowest BCUT2D eigenvalue weighted by Crippen LogP contribution is -2.72. The second-order valence-electron chi connectivity index (χ2n) is 5.43. The van der Waals surface area contributed by atoms with Gasteiger partial charge in [-0.1, -0.05) is 13.8 Å². The van der Waals surface area contributed by atoms with Gasteiger partial charge in [0.2, 0.25) is 11.8 Å². The van der Waals surface area contributed by atoms with Crippen LogP contribution in [-0.2, 0) is 9.59 Å². The number of carbonyl (C=O) groups is 2. The summed E-state index contributed by atoms with van der Waals surface area (Å²) in [5.41, 5.74) is -0.401. The molecule has 0 aromatic heterocycles. The van der Waals surface area contributed by atoms with Gasteiger partial charge in [0.25, 0.3) is 0 Å². The van der Waals surface area contributed by atoms with E-state index in [0.29, 0.717) is 12.5 Å². The van der Waals surface area contributed by atoms with Gasteiger partial charge in [-0.05, 0) is 18.8 Å². The Hall–Kier alpha value is -1.10. The van der Waals surface area contributed by atoms with Gasteiger partial charge in [0.05, 0.1) is 6.04 Å². The van der Waals surface area contributed by atoms with Gasteiger partial charge >= 0.3 is 0 Å². The van der Waals surface area contributed by atoms with Gasteiger partial charge < -0.3 is 10.6 Å². The van der Waals surface area contributed by atoms with E-state index in [4.69, 9.17) is 0 Å². The van der Waals surface area contributed by atoms with Crippen molar-refractivity contribution in [3.63, 3.8) is 0 Å². The number of nitrogens with zero attached hydrogens (tertiary/aromatic N) is 1. The molecule has 0 aliphatic carbocycles. The van der Waals surface area contributed by atoms with Gasteiger partial charge in [0.15, 0.2) is 0 Å². The van der Waals surface area contributed by atoms with Gasteiger partial charge in [-0.3, -0.25) is 14.5 Å². The third-order valence-corrected chi connectivity index (χ3v) is 3.83. The molecule has 1 spiro atoms. The molecule has 2 saturated heterocycles. The van der Waals surface area contributed by atoms with Gasteiger partial charge in [0.1, 0.15) is 5.54 Å². The predicted molar refractivity (Wildman–Crippen MR) is 64.4 cm³/mol. The van der Waals surface area contributed by atoms with Crippen molar-refractivity contribution < 1.29 is 9.59 Å². The number of likely N-dealkylation sites (N-methyl/N-ethyl adjacent to an activating group) is 1. The number of carbonyl (C=O) groups excluding carboxylic acids is 2. The maximum absolute atomic E-state index is 11.9. The van der Waals surface area contributed by atoms with Crippen molar-refractivity contribution in [3.05, 3.63) is 0 Å². The molecule has 0 radical (unpaired) electrons. The minimum absolute atomic E-state index is 0.0298. The number of hydrogen-bond acceptors (Lipinski definition) is 3. The Labute approximate surface area is 102 Å². The van der Waals surface area contributed by atoms with Crippen LogP contribution >= 0.6 is 0 Å². The second-order valence-corrected chi connectivity index (χ2v) is 5.43. The quantitative estimate of drug-likeness (QED) is 0.666. The van der Waals surface area contributed by atoms with Crippen LogP contribution in [0.15, 0.2) is 0 Å². The first kappa shape index (κ1) is 12.4. The average Bonchev–Trinajstić information content (AvgIpc) is 2.67. The third kappa shape index (κ3) is 1.82. The molecule has 17 heavy (non-hydrogen) atoms. The summed E-state index contributed by atoms with van der Waals surface area (Å²) in [6.07, 6.45) is 1.57. The maximum atomic E-state index is 11.9. The Morgan fingerprint density at radius 1 is 1.65 bits per heavy atom. The molecule has 2 aliphatic heterocycles. The summed E-state index contributed by atoms with van der Waals surface area (Å²) >= 11 is 0. The molecule has 5 heteroatoms. The fourth-order valence-corrected chi connectivity index (χ4v) is 2.91. The topological polar surface area (TPSA) is 61.4 Å². The Morgan fingerprint density at radius 3 is 2.76 bits per heavy atom. The first-order valence-corrected chi connectivity index (χ1v) is 6.28. The highest BCUT2D eigenvalue weighted by Gasteiger charge is 2.58. The van der Waals surface area contributed by atoms with Crippen molar-refractivity contribution in [3.8, 4) is 0 Å². The van der Waals surface area contributed by atoms with E-state index in [1.54, 1.807) is 7.05 Å².